The Morgan fingerprint density at radius 2 is 2.17 bits per heavy atom. The van der Waals surface area contributed by atoms with Crippen LogP contribution >= 0.6 is 11.8 Å². The summed E-state index contributed by atoms with van der Waals surface area (Å²) in [5.74, 6) is 1.26. The molecule has 1 nitrogen and oxygen atoms in total. The van der Waals surface area contributed by atoms with E-state index in [4.69, 9.17) is 5.73 Å². The Kier molecular flexibility index (Phi) is 0.848. The van der Waals surface area contributed by atoms with Gasteiger partial charge in [-0.05, 0) is 19.1 Å². The molecule has 6 heavy (non-hydrogen) atoms. The largest absolute Gasteiger partial charge is 0.317 e. The Labute approximate surface area is 42.3 Å². The van der Waals surface area contributed by atoms with Crippen LogP contribution in [0, 0.1) is 0 Å². The molecule has 0 amide bonds. The molecule has 0 bridgehead atoms. The summed E-state index contributed by atoms with van der Waals surface area (Å²) >= 11 is 1.84. The fraction of sp³-hybridized carbons (Fsp3) is 1.00. The average molecular weight is 103 g/mol. The van der Waals surface area contributed by atoms with Gasteiger partial charge in [0, 0.05) is 0 Å². The minimum absolute atomic E-state index is 0.139. The summed E-state index contributed by atoms with van der Waals surface area (Å²) in [6, 6.07) is 0. The van der Waals surface area contributed by atoms with Gasteiger partial charge in [0.25, 0.3) is 0 Å². The van der Waals surface area contributed by atoms with E-state index in [0.29, 0.717) is 0 Å². The molecule has 0 aromatic heterocycles. The van der Waals surface area contributed by atoms with E-state index in [1.54, 1.807) is 0 Å². The van der Waals surface area contributed by atoms with Crippen LogP contribution in [-0.4, -0.2) is 10.6 Å². The molecule has 1 aliphatic rings. The summed E-state index contributed by atoms with van der Waals surface area (Å²) in [5.41, 5.74) is 5.58. The Morgan fingerprint density at radius 1 is 1.83 bits per heavy atom. The first kappa shape index (κ1) is 4.47. The quantitative estimate of drug-likeness (QED) is 0.490. The van der Waals surface area contributed by atoms with Crippen LogP contribution in [-0.2, 0) is 0 Å². The lowest BCUT2D eigenvalue weighted by Gasteiger charge is -2.32. The Morgan fingerprint density at radius 3 is 2.17 bits per heavy atom. The summed E-state index contributed by atoms with van der Waals surface area (Å²) in [6.45, 7) is 2.07. The Bertz CT molecular complexity index is 54.6. The second kappa shape index (κ2) is 1.14. The predicted octanol–water partition coefficient (Wildman–Crippen LogP) is 0.798. The molecule has 1 aliphatic heterocycles. The second-order valence-corrected chi connectivity index (χ2v) is 3.54. The van der Waals surface area contributed by atoms with E-state index in [0.717, 1.165) is 0 Å². The van der Waals surface area contributed by atoms with E-state index in [-0.39, 0.29) is 4.87 Å². The third-order valence-corrected chi connectivity index (χ3v) is 2.30. The Balaban J connectivity index is 2.31. The molecule has 2 N–H and O–H groups in total. The molecule has 0 radical (unpaired) electrons. The maximum atomic E-state index is 5.58. The first-order valence-corrected chi connectivity index (χ1v) is 3.12. The van der Waals surface area contributed by atoms with Crippen molar-refractivity contribution in [2.24, 2.45) is 5.73 Å². The fourth-order valence-electron chi connectivity index (χ4n) is 0.424. The van der Waals surface area contributed by atoms with E-state index in [2.05, 4.69) is 6.92 Å². The lowest BCUT2D eigenvalue weighted by molar-refractivity contribution is 0.615. The normalized spacial score (nSPS) is 45.0. The first-order chi connectivity index (χ1) is 2.71. The smallest absolute Gasteiger partial charge is 0.0599 e. The summed E-state index contributed by atoms with van der Waals surface area (Å²) in [6.07, 6.45) is 1.19. The summed E-state index contributed by atoms with van der Waals surface area (Å²) in [7, 11) is 0. The maximum absolute atomic E-state index is 5.58. The zero-order chi connectivity index (χ0) is 4.62. The molecule has 0 aliphatic carbocycles. The molecule has 1 atom stereocenters. The van der Waals surface area contributed by atoms with E-state index in [1.807, 2.05) is 11.8 Å². The van der Waals surface area contributed by atoms with Gasteiger partial charge in [-0.25, -0.2) is 0 Å². The van der Waals surface area contributed by atoms with Crippen molar-refractivity contribution in [3.63, 3.8) is 0 Å². The predicted molar refractivity (Wildman–Crippen MR) is 29.7 cm³/mol. The van der Waals surface area contributed by atoms with Gasteiger partial charge < -0.3 is 5.73 Å². The fourth-order valence-corrected chi connectivity index (χ4v) is 1.27. The first-order valence-electron chi connectivity index (χ1n) is 2.14. The molecule has 2 heteroatoms. The molecule has 36 valence electrons. The highest BCUT2D eigenvalue weighted by atomic mass is 32.2. The summed E-state index contributed by atoms with van der Waals surface area (Å²) < 4.78 is 0. The molecule has 1 saturated heterocycles. The molecule has 1 fully saturated rings. The highest BCUT2D eigenvalue weighted by Crippen LogP contribution is 2.34. The lowest BCUT2D eigenvalue weighted by Crippen LogP contribution is -2.40. The molecule has 1 unspecified atom stereocenters. The number of nitrogens with two attached hydrogens (primary N) is 1. The van der Waals surface area contributed by atoms with Crippen molar-refractivity contribution in [1.29, 1.82) is 0 Å². The molecular formula is C4H9NS. The molecule has 1 rings (SSSR count). The van der Waals surface area contributed by atoms with Gasteiger partial charge >= 0.3 is 0 Å². The van der Waals surface area contributed by atoms with Crippen molar-refractivity contribution in [1.82, 2.24) is 0 Å². The summed E-state index contributed by atoms with van der Waals surface area (Å²) in [5, 5.41) is 0. The van der Waals surface area contributed by atoms with Crippen molar-refractivity contribution in [2.45, 2.75) is 18.2 Å². The molecule has 0 aromatic carbocycles. The molecule has 0 aromatic rings. The average Bonchev–Trinajstić information content (AvgIpc) is 1.32. The van der Waals surface area contributed by atoms with Crippen LogP contribution < -0.4 is 5.73 Å². The van der Waals surface area contributed by atoms with E-state index in [1.165, 1.54) is 12.2 Å². The number of rotatable bonds is 0. The van der Waals surface area contributed by atoms with Crippen molar-refractivity contribution < 1.29 is 0 Å². The lowest BCUT2D eigenvalue weighted by atomic mass is 10.2. The third-order valence-electron chi connectivity index (χ3n) is 1.03. The zero-order valence-corrected chi connectivity index (χ0v) is 4.72. The van der Waals surface area contributed by atoms with Gasteiger partial charge in [-0.15, -0.1) is 11.8 Å². The minimum Gasteiger partial charge on any atom is -0.317 e. The standard InChI is InChI=1S/C4H9NS/c1-4(5)2-3-6-4/h2-3,5H2,1H3. The van der Waals surface area contributed by atoms with E-state index >= 15 is 0 Å². The highest BCUT2D eigenvalue weighted by molar-refractivity contribution is 8.01. The number of hydrogen-bond donors (Lipinski definition) is 1. The molecular weight excluding hydrogens is 94.1 g/mol. The van der Waals surface area contributed by atoms with E-state index in [9.17, 15) is 0 Å². The second-order valence-electron chi connectivity index (χ2n) is 1.91. The molecule has 1 heterocycles. The topological polar surface area (TPSA) is 26.0 Å². The van der Waals surface area contributed by atoms with Crippen LogP contribution in [0.3, 0.4) is 0 Å². The van der Waals surface area contributed by atoms with Crippen molar-refractivity contribution in [3.8, 4) is 0 Å². The molecule has 0 saturated carbocycles. The van der Waals surface area contributed by atoms with Gasteiger partial charge in [-0.3, -0.25) is 0 Å². The SMILES string of the molecule is CC1(N)CCS1. The van der Waals surface area contributed by atoms with Crippen LogP contribution in [0.2, 0.25) is 0 Å². The van der Waals surface area contributed by atoms with Crippen LogP contribution in [0.15, 0.2) is 0 Å². The van der Waals surface area contributed by atoms with E-state index < -0.39 is 0 Å². The van der Waals surface area contributed by atoms with Gasteiger partial charge in [0.2, 0.25) is 0 Å². The Hall–Kier alpha value is 0.310. The number of thioether (sulfide) groups is 1. The van der Waals surface area contributed by atoms with Crippen LogP contribution in [0.5, 0.6) is 0 Å². The van der Waals surface area contributed by atoms with Gasteiger partial charge in [-0.1, -0.05) is 0 Å². The van der Waals surface area contributed by atoms with Crippen molar-refractivity contribution in [3.05, 3.63) is 0 Å². The van der Waals surface area contributed by atoms with Gasteiger partial charge in [0.15, 0.2) is 0 Å². The van der Waals surface area contributed by atoms with Crippen LogP contribution in [0.25, 0.3) is 0 Å². The zero-order valence-electron chi connectivity index (χ0n) is 3.90. The van der Waals surface area contributed by atoms with Crippen molar-refractivity contribution in [2.75, 3.05) is 5.75 Å². The maximum Gasteiger partial charge on any atom is 0.0599 e. The van der Waals surface area contributed by atoms with Crippen LogP contribution in [0.1, 0.15) is 13.3 Å². The number of hydrogen-bond acceptors (Lipinski definition) is 2. The van der Waals surface area contributed by atoms with Gasteiger partial charge in [0.05, 0.1) is 4.87 Å². The summed E-state index contributed by atoms with van der Waals surface area (Å²) in [4.78, 5) is 0.139. The molecule has 0 spiro atoms. The highest BCUT2D eigenvalue weighted by Gasteiger charge is 2.26. The van der Waals surface area contributed by atoms with Crippen LogP contribution in [0.4, 0.5) is 0 Å². The van der Waals surface area contributed by atoms with Crippen molar-refractivity contribution >= 4 is 11.8 Å². The minimum atomic E-state index is 0.139. The monoisotopic (exact) mass is 103 g/mol. The van der Waals surface area contributed by atoms with Gasteiger partial charge in [0.1, 0.15) is 0 Å². The third kappa shape index (κ3) is 0.684. The van der Waals surface area contributed by atoms with Gasteiger partial charge in [-0.2, -0.15) is 0 Å².